The van der Waals surface area contributed by atoms with Crippen LogP contribution in [-0.2, 0) is 0 Å². The molecule has 0 saturated carbocycles. The number of hydrogen-bond acceptors (Lipinski definition) is 5. The molecule has 21 heavy (non-hydrogen) atoms. The molecule has 9 heteroatoms. The van der Waals surface area contributed by atoms with Gasteiger partial charge in [-0.2, -0.15) is 5.10 Å². The molecule has 0 amide bonds. The molecule has 7 nitrogen and oxygen atoms in total. The number of aromatic amines is 2. The third-order valence-electron chi connectivity index (χ3n) is 2.75. The Kier molecular flexibility index (Phi) is 3.15. The third kappa shape index (κ3) is 2.36. The van der Waals surface area contributed by atoms with Crippen molar-refractivity contribution in [3.8, 4) is 5.88 Å². The molecular formula is C12H7ClFN5O2. The molecule has 3 N–H and O–H groups in total. The topological polar surface area (TPSA) is 106 Å². The van der Waals surface area contributed by atoms with Crippen molar-refractivity contribution in [2.75, 3.05) is 0 Å². The first-order valence-corrected chi connectivity index (χ1v) is 6.09. The van der Waals surface area contributed by atoms with E-state index in [-0.39, 0.29) is 22.3 Å². The Morgan fingerprint density at radius 2 is 2.14 bits per heavy atom. The largest absolute Gasteiger partial charge is 0.493 e. The van der Waals surface area contributed by atoms with Crippen LogP contribution >= 0.6 is 11.6 Å². The lowest BCUT2D eigenvalue weighted by Gasteiger charge is -1.94. The Bertz CT molecular complexity index is 918. The molecule has 106 valence electrons. The second-order valence-electron chi connectivity index (χ2n) is 4.11. The summed E-state index contributed by atoms with van der Waals surface area (Å²) in [5.74, 6) is -0.720. The predicted molar refractivity (Wildman–Crippen MR) is 74.0 cm³/mol. The van der Waals surface area contributed by atoms with Crippen LogP contribution in [0.25, 0.3) is 10.9 Å². The quantitative estimate of drug-likeness (QED) is 0.633. The molecule has 0 aliphatic heterocycles. The smallest absolute Gasteiger partial charge is 0.285 e. The van der Waals surface area contributed by atoms with Crippen molar-refractivity contribution < 1.29 is 9.50 Å². The Morgan fingerprint density at radius 1 is 1.33 bits per heavy atom. The highest BCUT2D eigenvalue weighted by Gasteiger charge is 2.11. The molecule has 0 aliphatic rings. The summed E-state index contributed by atoms with van der Waals surface area (Å²) in [7, 11) is 0. The van der Waals surface area contributed by atoms with Crippen molar-refractivity contribution in [2.45, 2.75) is 0 Å². The monoisotopic (exact) mass is 307 g/mol. The summed E-state index contributed by atoms with van der Waals surface area (Å²) in [6, 6.07) is 3.90. The highest BCUT2D eigenvalue weighted by Crippen LogP contribution is 2.36. The second kappa shape index (κ2) is 4.98. The molecule has 3 aromatic rings. The molecule has 0 unspecified atom stereocenters. The predicted octanol–water partition coefficient (Wildman–Crippen LogP) is 3.16. The van der Waals surface area contributed by atoms with Gasteiger partial charge in [-0.05, 0) is 18.2 Å². The van der Waals surface area contributed by atoms with Crippen LogP contribution in [0.5, 0.6) is 5.88 Å². The molecule has 3 rings (SSSR count). The average Bonchev–Trinajstić information content (AvgIpc) is 2.75. The van der Waals surface area contributed by atoms with E-state index < -0.39 is 11.4 Å². The average molecular weight is 308 g/mol. The van der Waals surface area contributed by atoms with E-state index in [2.05, 4.69) is 25.4 Å². The van der Waals surface area contributed by atoms with Gasteiger partial charge >= 0.3 is 0 Å². The number of H-pyrrole nitrogens is 2. The fourth-order valence-electron chi connectivity index (χ4n) is 1.79. The van der Waals surface area contributed by atoms with E-state index in [1.165, 1.54) is 24.4 Å². The lowest BCUT2D eigenvalue weighted by Crippen LogP contribution is -2.06. The van der Waals surface area contributed by atoms with Gasteiger partial charge in [-0.25, -0.2) is 9.49 Å². The first kappa shape index (κ1) is 13.3. The molecule has 2 aromatic heterocycles. The maximum atomic E-state index is 13.1. The first-order chi connectivity index (χ1) is 10.1. The molecule has 0 fully saturated rings. The summed E-state index contributed by atoms with van der Waals surface area (Å²) in [5, 5.41) is 23.4. The van der Waals surface area contributed by atoms with Crippen molar-refractivity contribution in [3.05, 3.63) is 45.6 Å². The minimum Gasteiger partial charge on any atom is -0.493 e. The van der Waals surface area contributed by atoms with Crippen LogP contribution in [0.2, 0.25) is 5.02 Å². The summed E-state index contributed by atoms with van der Waals surface area (Å²) in [6.45, 7) is 0. The maximum Gasteiger partial charge on any atom is 0.285 e. The Balaban J connectivity index is 2.09. The van der Waals surface area contributed by atoms with Gasteiger partial charge in [0.25, 0.3) is 5.56 Å². The van der Waals surface area contributed by atoms with Gasteiger partial charge in [0.05, 0.1) is 11.7 Å². The van der Waals surface area contributed by atoms with E-state index in [0.717, 1.165) is 0 Å². The van der Waals surface area contributed by atoms with Crippen LogP contribution in [0.4, 0.5) is 15.8 Å². The molecule has 0 aliphatic carbocycles. The zero-order valence-corrected chi connectivity index (χ0v) is 11.0. The number of nitrogens with zero attached hydrogens (tertiary/aromatic N) is 3. The number of nitrogens with one attached hydrogen (secondary N) is 2. The van der Waals surface area contributed by atoms with Gasteiger partial charge < -0.3 is 10.1 Å². The summed E-state index contributed by atoms with van der Waals surface area (Å²) < 4.78 is 13.1. The summed E-state index contributed by atoms with van der Waals surface area (Å²) in [6.07, 6.45) is 1.22. The zero-order chi connectivity index (χ0) is 15.0. The number of benzene rings is 1. The van der Waals surface area contributed by atoms with Gasteiger partial charge in [-0.1, -0.05) is 11.6 Å². The number of halogens is 2. The normalized spacial score (nSPS) is 11.5. The van der Waals surface area contributed by atoms with Gasteiger partial charge in [-0.3, -0.25) is 4.79 Å². The van der Waals surface area contributed by atoms with Crippen LogP contribution in [-0.4, -0.2) is 20.3 Å². The van der Waals surface area contributed by atoms with Crippen molar-refractivity contribution in [1.82, 2.24) is 15.2 Å². The molecular weight excluding hydrogens is 301 g/mol. The van der Waals surface area contributed by atoms with E-state index in [1.807, 2.05) is 0 Å². The SMILES string of the molecule is O=c1[nH]ncc(N=Nc2c(O)[nH]c3cc(F)ccc23)c1Cl. The Labute approximate surface area is 121 Å². The molecule has 0 saturated heterocycles. The van der Waals surface area contributed by atoms with Crippen LogP contribution in [0.3, 0.4) is 0 Å². The number of aromatic hydroxyl groups is 1. The highest BCUT2D eigenvalue weighted by molar-refractivity contribution is 6.32. The van der Waals surface area contributed by atoms with E-state index in [1.54, 1.807) is 0 Å². The summed E-state index contributed by atoms with van der Waals surface area (Å²) in [4.78, 5) is 13.8. The van der Waals surface area contributed by atoms with E-state index in [9.17, 15) is 14.3 Å². The third-order valence-corrected chi connectivity index (χ3v) is 3.11. The minimum atomic E-state index is -0.599. The molecule has 0 spiro atoms. The molecule has 0 bridgehead atoms. The lowest BCUT2D eigenvalue weighted by atomic mass is 10.2. The van der Waals surface area contributed by atoms with E-state index in [0.29, 0.717) is 10.9 Å². The molecule has 0 atom stereocenters. The number of aromatic nitrogens is 3. The van der Waals surface area contributed by atoms with Crippen molar-refractivity contribution in [2.24, 2.45) is 10.2 Å². The standard InChI is InChI=1S/C12H7ClFN5O2/c13-9-8(4-15-19-11(9)20)17-18-10-6-2-1-5(14)3-7(6)16-12(10)21/h1-4,16,21H,(H,19,20). The van der Waals surface area contributed by atoms with Crippen molar-refractivity contribution in [1.29, 1.82) is 0 Å². The second-order valence-corrected chi connectivity index (χ2v) is 4.49. The first-order valence-electron chi connectivity index (χ1n) is 5.71. The number of azo groups is 1. The van der Waals surface area contributed by atoms with Crippen molar-refractivity contribution >= 4 is 33.9 Å². The van der Waals surface area contributed by atoms with Gasteiger partial charge in [0.2, 0.25) is 5.88 Å². The highest BCUT2D eigenvalue weighted by atomic mass is 35.5. The van der Waals surface area contributed by atoms with Crippen LogP contribution in [0, 0.1) is 5.82 Å². The number of rotatable bonds is 2. The van der Waals surface area contributed by atoms with Crippen LogP contribution < -0.4 is 5.56 Å². The van der Waals surface area contributed by atoms with E-state index in [4.69, 9.17) is 11.6 Å². The lowest BCUT2D eigenvalue weighted by molar-refractivity contribution is 0.459. The van der Waals surface area contributed by atoms with Gasteiger partial charge in [0, 0.05) is 5.39 Å². The number of fused-ring (bicyclic) bond motifs is 1. The maximum absolute atomic E-state index is 13.1. The van der Waals surface area contributed by atoms with Crippen LogP contribution in [0.15, 0.2) is 39.4 Å². The van der Waals surface area contributed by atoms with Gasteiger partial charge in [-0.15, -0.1) is 10.2 Å². The number of hydrogen-bond donors (Lipinski definition) is 3. The Morgan fingerprint density at radius 3 is 2.95 bits per heavy atom. The molecule has 0 radical (unpaired) electrons. The minimum absolute atomic E-state index is 0.0521. The molecule has 2 heterocycles. The van der Waals surface area contributed by atoms with Crippen molar-refractivity contribution in [3.63, 3.8) is 0 Å². The van der Waals surface area contributed by atoms with Crippen LogP contribution in [0.1, 0.15) is 0 Å². The Hall–Kier alpha value is -2.74. The zero-order valence-electron chi connectivity index (χ0n) is 10.3. The summed E-state index contributed by atoms with van der Waals surface area (Å²) >= 11 is 5.75. The fourth-order valence-corrected chi connectivity index (χ4v) is 1.92. The van der Waals surface area contributed by atoms with Gasteiger partial charge in [0.15, 0.2) is 5.69 Å². The fraction of sp³-hybridized carbons (Fsp3) is 0. The van der Waals surface area contributed by atoms with E-state index >= 15 is 0 Å². The summed E-state index contributed by atoms with van der Waals surface area (Å²) in [5.41, 5.74) is -0.0625. The molecule has 1 aromatic carbocycles. The van der Waals surface area contributed by atoms with Gasteiger partial charge in [0.1, 0.15) is 16.5 Å².